The van der Waals surface area contributed by atoms with Crippen molar-refractivity contribution in [2.45, 2.75) is 46.1 Å². The molecule has 0 aliphatic rings. The smallest absolute Gasteiger partial charge is 0.303 e. The average molecular weight is 201 g/mol. The molecule has 0 aliphatic heterocycles. The number of carboxylic acid groups (broad SMARTS) is 1. The van der Waals surface area contributed by atoms with Crippen LogP contribution in [0.1, 0.15) is 40.0 Å². The van der Waals surface area contributed by atoms with Crippen molar-refractivity contribution in [2.24, 2.45) is 5.92 Å². The zero-order chi connectivity index (χ0) is 11.1. The van der Waals surface area contributed by atoms with Crippen molar-refractivity contribution in [1.82, 2.24) is 4.90 Å². The molecular weight excluding hydrogens is 178 g/mol. The zero-order valence-electron chi connectivity index (χ0n) is 9.79. The van der Waals surface area contributed by atoms with E-state index in [1.807, 2.05) is 6.92 Å². The zero-order valence-corrected chi connectivity index (χ0v) is 9.79. The summed E-state index contributed by atoms with van der Waals surface area (Å²) in [5.41, 5.74) is 0. The predicted molar refractivity (Wildman–Crippen MR) is 58.4 cm³/mol. The Bertz CT molecular complexity index is 169. The first-order chi connectivity index (χ1) is 6.43. The minimum absolute atomic E-state index is 0.297. The molecule has 0 amide bonds. The molecule has 1 atom stereocenters. The van der Waals surface area contributed by atoms with E-state index < -0.39 is 5.97 Å². The number of hydrogen-bond acceptors (Lipinski definition) is 2. The van der Waals surface area contributed by atoms with E-state index in [9.17, 15) is 4.79 Å². The molecule has 0 aromatic carbocycles. The van der Waals surface area contributed by atoms with Crippen LogP contribution in [0, 0.1) is 5.92 Å². The van der Waals surface area contributed by atoms with Gasteiger partial charge in [0.15, 0.2) is 0 Å². The largest absolute Gasteiger partial charge is 0.481 e. The van der Waals surface area contributed by atoms with Crippen LogP contribution in [-0.4, -0.2) is 35.6 Å². The fourth-order valence-electron chi connectivity index (χ4n) is 1.35. The lowest BCUT2D eigenvalue weighted by atomic mass is 10.0. The Balaban J connectivity index is 3.48. The lowest BCUT2D eigenvalue weighted by Gasteiger charge is -2.21. The number of carbonyl (C=O) groups is 1. The van der Waals surface area contributed by atoms with E-state index in [0.29, 0.717) is 18.4 Å². The van der Waals surface area contributed by atoms with E-state index in [4.69, 9.17) is 5.11 Å². The fraction of sp³-hybridized carbons (Fsp3) is 0.909. The summed E-state index contributed by atoms with van der Waals surface area (Å²) >= 11 is 0. The maximum absolute atomic E-state index is 10.4. The highest BCUT2D eigenvalue weighted by atomic mass is 16.4. The minimum atomic E-state index is -0.685. The van der Waals surface area contributed by atoms with Gasteiger partial charge in [0.25, 0.3) is 0 Å². The molecule has 0 saturated heterocycles. The van der Waals surface area contributed by atoms with Crippen molar-refractivity contribution < 1.29 is 9.90 Å². The van der Waals surface area contributed by atoms with Gasteiger partial charge in [-0.25, -0.2) is 0 Å². The van der Waals surface area contributed by atoms with Crippen molar-refractivity contribution in [3.63, 3.8) is 0 Å². The van der Waals surface area contributed by atoms with Crippen LogP contribution in [0.25, 0.3) is 0 Å². The Hall–Kier alpha value is -0.570. The quantitative estimate of drug-likeness (QED) is 0.686. The molecule has 0 aromatic heterocycles. The molecule has 0 bridgehead atoms. The van der Waals surface area contributed by atoms with E-state index in [0.717, 1.165) is 19.4 Å². The summed E-state index contributed by atoms with van der Waals surface area (Å²) in [5, 5.41) is 8.57. The fourth-order valence-corrected chi connectivity index (χ4v) is 1.35. The second-order valence-electron chi connectivity index (χ2n) is 4.42. The molecule has 0 saturated carbocycles. The second kappa shape index (κ2) is 6.82. The highest BCUT2D eigenvalue weighted by Crippen LogP contribution is 2.10. The molecule has 3 nitrogen and oxygen atoms in total. The number of carboxylic acids is 1. The maximum atomic E-state index is 10.4. The third kappa shape index (κ3) is 6.89. The van der Waals surface area contributed by atoms with Gasteiger partial charge in [0.2, 0.25) is 0 Å². The van der Waals surface area contributed by atoms with E-state index in [-0.39, 0.29) is 0 Å². The summed E-state index contributed by atoms with van der Waals surface area (Å²) < 4.78 is 0. The first kappa shape index (κ1) is 13.4. The van der Waals surface area contributed by atoms with Gasteiger partial charge in [-0.2, -0.15) is 0 Å². The summed E-state index contributed by atoms with van der Waals surface area (Å²) in [5.74, 6) is -0.386. The normalized spacial score (nSPS) is 13.6. The summed E-state index contributed by atoms with van der Waals surface area (Å²) in [6, 6.07) is 0.574. The van der Waals surface area contributed by atoms with Crippen molar-refractivity contribution in [3.8, 4) is 0 Å². The number of rotatable bonds is 7. The van der Waals surface area contributed by atoms with Crippen LogP contribution >= 0.6 is 0 Å². The molecule has 1 unspecified atom stereocenters. The summed E-state index contributed by atoms with van der Waals surface area (Å²) in [6.07, 6.45) is 2.39. The van der Waals surface area contributed by atoms with Gasteiger partial charge in [0.1, 0.15) is 0 Å². The summed E-state index contributed by atoms with van der Waals surface area (Å²) in [6.45, 7) is 7.40. The number of hydrogen-bond donors (Lipinski definition) is 1. The van der Waals surface area contributed by atoms with Crippen LogP contribution in [0.4, 0.5) is 0 Å². The Morgan fingerprint density at radius 1 is 1.36 bits per heavy atom. The van der Waals surface area contributed by atoms with Crippen LogP contribution < -0.4 is 0 Å². The average Bonchev–Trinajstić information content (AvgIpc) is 2.02. The molecule has 0 heterocycles. The van der Waals surface area contributed by atoms with Gasteiger partial charge in [0.05, 0.1) is 0 Å². The lowest BCUT2D eigenvalue weighted by Crippen LogP contribution is -2.27. The first-order valence-corrected chi connectivity index (χ1v) is 5.35. The lowest BCUT2D eigenvalue weighted by molar-refractivity contribution is -0.138. The van der Waals surface area contributed by atoms with Gasteiger partial charge in [-0.05, 0) is 46.2 Å². The number of aliphatic carboxylic acids is 1. The monoisotopic (exact) mass is 201 g/mol. The third-order valence-corrected chi connectivity index (χ3v) is 2.61. The SMILES string of the molecule is CC(CCCN(C)C(C)C)CC(=O)O. The molecule has 84 valence electrons. The summed E-state index contributed by atoms with van der Waals surface area (Å²) in [7, 11) is 2.10. The van der Waals surface area contributed by atoms with Crippen LogP contribution in [0.2, 0.25) is 0 Å². The molecule has 3 heteroatoms. The molecule has 0 rings (SSSR count). The van der Waals surface area contributed by atoms with Gasteiger partial charge >= 0.3 is 5.97 Å². The molecule has 0 radical (unpaired) electrons. The van der Waals surface area contributed by atoms with Crippen molar-refractivity contribution in [1.29, 1.82) is 0 Å². The molecule has 1 N–H and O–H groups in total. The maximum Gasteiger partial charge on any atom is 0.303 e. The van der Waals surface area contributed by atoms with Crippen LogP contribution in [0.3, 0.4) is 0 Å². The summed E-state index contributed by atoms with van der Waals surface area (Å²) in [4.78, 5) is 12.7. The number of nitrogens with zero attached hydrogens (tertiary/aromatic N) is 1. The molecule has 0 spiro atoms. The van der Waals surface area contributed by atoms with Gasteiger partial charge in [0, 0.05) is 12.5 Å². The van der Waals surface area contributed by atoms with E-state index in [2.05, 4.69) is 25.8 Å². The Morgan fingerprint density at radius 2 is 1.93 bits per heavy atom. The van der Waals surface area contributed by atoms with E-state index >= 15 is 0 Å². The molecule has 14 heavy (non-hydrogen) atoms. The van der Waals surface area contributed by atoms with Gasteiger partial charge in [-0.15, -0.1) is 0 Å². The van der Waals surface area contributed by atoms with E-state index in [1.165, 1.54) is 0 Å². The van der Waals surface area contributed by atoms with Crippen molar-refractivity contribution in [2.75, 3.05) is 13.6 Å². The predicted octanol–water partition coefficient (Wildman–Crippen LogP) is 2.22. The van der Waals surface area contributed by atoms with E-state index in [1.54, 1.807) is 0 Å². The minimum Gasteiger partial charge on any atom is -0.481 e. The molecular formula is C11H23NO2. The van der Waals surface area contributed by atoms with Crippen LogP contribution in [0.15, 0.2) is 0 Å². The Labute approximate surface area is 87.1 Å². The van der Waals surface area contributed by atoms with Crippen molar-refractivity contribution >= 4 is 5.97 Å². The second-order valence-corrected chi connectivity index (χ2v) is 4.42. The Morgan fingerprint density at radius 3 is 2.36 bits per heavy atom. The highest BCUT2D eigenvalue weighted by Gasteiger charge is 2.08. The standard InChI is InChI=1S/C11H23NO2/c1-9(2)12(4)7-5-6-10(3)8-11(13)14/h9-10H,5-8H2,1-4H3,(H,13,14). The molecule has 0 aliphatic carbocycles. The van der Waals surface area contributed by atoms with Crippen molar-refractivity contribution in [3.05, 3.63) is 0 Å². The van der Waals surface area contributed by atoms with Crippen LogP contribution in [0.5, 0.6) is 0 Å². The Kier molecular flexibility index (Phi) is 6.54. The third-order valence-electron chi connectivity index (χ3n) is 2.61. The topological polar surface area (TPSA) is 40.5 Å². The molecule has 0 aromatic rings. The van der Waals surface area contributed by atoms with Gasteiger partial charge < -0.3 is 10.0 Å². The first-order valence-electron chi connectivity index (χ1n) is 5.35. The van der Waals surface area contributed by atoms with Gasteiger partial charge in [-0.1, -0.05) is 6.92 Å². The van der Waals surface area contributed by atoms with Gasteiger partial charge in [-0.3, -0.25) is 4.79 Å². The highest BCUT2D eigenvalue weighted by molar-refractivity contribution is 5.66. The molecule has 0 fully saturated rings. The van der Waals surface area contributed by atoms with Crippen LogP contribution in [-0.2, 0) is 4.79 Å².